The first-order valence-corrected chi connectivity index (χ1v) is 10.3. The lowest BCUT2D eigenvalue weighted by Gasteiger charge is -2.34. The lowest BCUT2D eigenvalue weighted by molar-refractivity contribution is -0.125. The first-order valence-electron chi connectivity index (χ1n) is 10.3. The molecule has 2 amide bonds. The van der Waals surface area contributed by atoms with E-state index in [0.29, 0.717) is 25.0 Å². The molecule has 1 unspecified atom stereocenters. The van der Waals surface area contributed by atoms with Crippen LogP contribution in [0.4, 0.5) is 0 Å². The first-order chi connectivity index (χ1) is 13.2. The zero-order valence-electron chi connectivity index (χ0n) is 15.9. The third kappa shape index (κ3) is 5.53. The molecular formula is C21H30N4O2. The summed E-state index contributed by atoms with van der Waals surface area (Å²) in [4.78, 5) is 28.9. The largest absolute Gasteiger partial charge is 0.352 e. The first kappa shape index (κ1) is 18.4. The molecule has 1 aromatic rings. The zero-order chi connectivity index (χ0) is 18.6. The smallest absolute Gasteiger partial charge is 0.234 e. The highest BCUT2D eigenvalue weighted by atomic mass is 16.2. The van der Waals surface area contributed by atoms with Gasteiger partial charge in [0.15, 0.2) is 0 Å². The number of carbonyl (C=O) groups excluding carboxylic acids is 2. The minimum absolute atomic E-state index is 0.107. The fourth-order valence-electron chi connectivity index (χ4n) is 3.80. The Kier molecular flexibility index (Phi) is 5.74. The molecule has 0 aromatic heterocycles. The predicted octanol–water partition coefficient (Wildman–Crippen LogP) is 1.15. The van der Waals surface area contributed by atoms with Crippen molar-refractivity contribution >= 4 is 11.8 Å². The number of carbonyl (C=O) groups is 2. The van der Waals surface area contributed by atoms with Crippen molar-refractivity contribution in [2.75, 3.05) is 39.3 Å². The van der Waals surface area contributed by atoms with E-state index in [2.05, 4.69) is 32.6 Å². The molecule has 0 spiro atoms. The molecule has 0 bridgehead atoms. The van der Waals surface area contributed by atoms with Crippen LogP contribution >= 0.6 is 0 Å². The molecule has 2 aliphatic carbocycles. The molecule has 3 fully saturated rings. The van der Waals surface area contributed by atoms with Gasteiger partial charge in [-0.05, 0) is 37.2 Å². The summed E-state index contributed by atoms with van der Waals surface area (Å²) in [6.07, 6.45) is 4.64. The van der Waals surface area contributed by atoms with Gasteiger partial charge in [-0.25, -0.2) is 0 Å². The van der Waals surface area contributed by atoms with Crippen LogP contribution in [0.1, 0.15) is 37.3 Å². The van der Waals surface area contributed by atoms with E-state index in [1.165, 1.54) is 18.4 Å². The summed E-state index contributed by atoms with van der Waals surface area (Å²) in [5.74, 6) is 0.827. The summed E-state index contributed by atoms with van der Waals surface area (Å²) in [7, 11) is 0. The average molecular weight is 370 g/mol. The molecule has 1 aromatic carbocycles. The van der Waals surface area contributed by atoms with Gasteiger partial charge in [0.25, 0.3) is 0 Å². The predicted molar refractivity (Wildman–Crippen MR) is 104 cm³/mol. The maximum Gasteiger partial charge on any atom is 0.234 e. The molecule has 27 heavy (non-hydrogen) atoms. The van der Waals surface area contributed by atoms with Gasteiger partial charge in [0.05, 0.1) is 19.1 Å². The Morgan fingerprint density at radius 2 is 1.48 bits per heavy atom. The van der Waals surface area contributed by atoms with Crippen LogP contribution in [-0.2, 0) is 9.59 Å². The summed E-state index contributed by atoms with van der Waals surface area (Å²) in [6.45, 7) is 4.28. The van der Waals surface area contributed by atoms with Gasteiger partial charge >= 0.3 is 0 Å². The van der Waals surface area contributed by atoms with Crippen LogP contribution in [0.15, 0.2) is 30.3 Å². The Balaban J connectivity index is 1.20. The summed E-state index contributed by atoms with van der Waals surface area (Å²) in [6, 6.07) is 10.9. The monoisotopic (exact) mass is 370 g/mol. The Labute approximate surface area is 161 Å². The van der Waals surface area contributed by atoms with Gasteiger partial charge in [0.2, 0.25) is 11.8 Å². The molecule has 6 nitrogen and oxygen atoms in total. The van der Waals surface area contributed by atoms with Gasteiger partial charge in [-0.3, -0.25) is 19.4 Å². The van der Waals surface area contributed by atoms with Gasteiger partial charge in [-0.2, -0.15) is 0 Å². The molecule has 0 radical (unpaired) electrons. The second kappa shape index (κ2) is 8.40. The van der Waals surface area contributed by atoms with E-state index in [-0.39, 0.29) is 17.9 Å². The highest BCUT2D eigenvalue weighted by Gasteiger charge is 2.33. The van der Waals surface area contributed by atoms with E-state index in [1.54, 1.807) is 0 Å². The molecular weight excluding hydrogens is 340 g/mol. The number of benzene rings is 1. The van der Waals surface area contributed by atoms with E-state index < -0.39 is 0 Å². The summed E-state index contributed by atoms with van der Waals surface area (Å²) in [5, 5.41) is 6.30. The third-order valence-electron chi connectivity index (χ3n) is 5.71. The number of hydrogen-bond donors (Lipinski definition) is 2. The fourth-order valence-corrected chi connectivity index (χ4v) is 3.80. The van der Waals surface area contributed by atoms with E-state index in [1.807, 2.05) is 18.2 Å². The van der Waals surface area contributed by atoms with Crippen LogP contribution < -0.4 is 10.6 Å². The second-order valence-electron chi connectivity index (χ2n) is 8.19. The van der Waals surface area contributed by atoms with E-state index >= 15 is 0 Å². The van der Waals surface area contributed by atoms with E-state index in [4.69, 9.17) is 0 Å². The van der Waals surface area contributed by atoms with Crippen molar-refractivity contribution in [2.24, 2.45) is 5.92 Å². The van der Waals surface area contributed by atoms with Crippen molar-refractivity contribution in [3.05, 3.63) is 35.9 Å². The topological polar surface area (TPSA) is 64.7 Å². The molecule has 6 heteroatoms. The summed E-state index contributed by atoms with van der Waals surface area (Å²) >= 11 is 0. The summed E-state index contributed by atoms with van der Waals surface area (Å²) < 4.78 is 0. The highest BCUT2D eigenvalue weighted by molar-refractivity contribution is 5.79. The lowest BCUT2D eigenvalue weighted by atomic mass is 10.0. The minimum atomic E-state index is 0.107. The molecule has 1 atom stereocenters. The van der Waals surface area contributed by atoms with Gasteiger partial charge in [-0.1, -0.05) is 30.3 Å². The van der Waals surface area contributed by atoms with Crippen LogP contribution in [0.3, 0.4) is 0 Å². The molecule has 2 saturated carbocycles. The fraction of sp³-hybridized carbons (Fsp3) is 0.619. The maximum absolute atomic E-state index is 12.6. The maximum atomic E-state index is 12.6. The SMILES string of the molecule is O=C(CN1CCN(CC(=O)NC(c2ccccc2)C2CC2)CC1)NC1CC1. The molecule has 146 valence electrons. The van der Waals surface area contributed by atoms with Gasteiger partial charge in [0.1, 0.15) is 0 Å². The zero-order valence-corrected chi connectivity index (χ0v) is 15.9. The lowest BCUT2D eigenvalue weighted by Crippen LogP contribution is -2.51. The third-order valence-corrected chi connectivity index (χ3v) is 5.71. The molecule has 1 aliphatic heterocycles. The van der Waals surface area contributed by atoms with Gasteiger partial charge in [0, 0.05) is 32.2 Å². The van der Waals surface area contributed by atoms with Crippen molar-refractivity contribution in [3.8, 4) is 0 Å². The standard InChI is InChI=1S/C21H30N4O2/c26-19(22-18-8-9-18)14-24-10-12-25(13-11-24)15-20(27)23-21(17-6-7-17)16-4-2-1-3-5-16/h1-5,17-18,21H,6-15H2,(H,22,26)(H,23,27). The number of nitrogens with one attached hydrogen (secondary N) is 2. The second-order valence-corrected chi connectivity index (χ2v) is 8.19. The van der Waals surface area contributed by atoms with Gasteiger partial charge in [-0.15, -0.1) is 0 Å². The Hall–Kier alpha value is -1.92. The Morgan fingerprint density at radius 3 is 2.04 bits per heavy atom. The van der Waals surface area contributed by atoms with Crippen LogP contribution in [-0.4, -0.2) is 66.9 Å². The van der Waals surface area contributed by atoms with Crippen LogP contribution in [0, 0.1) is 5.92 Å². The van der Waals surface area contributed by atoms with Crippen molar-refractivity contribution in [3.63, 3.8) is 0 Å². The number of rotatable bonds is 8. The van der Waals surface area contributed by atoms with Crippen LogP contribution in [0.5, 0.6) is 0 Å². The van der Waals surface area contributed by atoms with Crippen LogP contribution in [0.2, 0.25) is 0 Å². The Bertz CT molecular complexity index is 649. The summed E-state index contributed by atoms with van der Waals surface area (Å²) in [5.41, 5.74) is 1.21. The molecule has 2 N–H and O–H groups in total. The van der Waals surface area contributed by atoms with Gasteiger partial charge < -0.3 is 10.6 Å². The molecule has 4 rings (SSSR count). The van der Waals surface area contributed by atoms with E-state index in [0.717, 1.165) is 39.0 Å². The number of hydrogen-bond acceptors (Lipinski definition) is 4. The normalized spacial score (nSPS) is 22.2. The number of nitrogens with zero attached hydrogens (tertiary/aromatic N) is 2. The number of piperazine rings is 1. The van der Waals surface area contributed by atoms with Crippen molar-refractivity contribution in [1.29, 1.82) is 0 Å². The molecule has 1 heterocycles. The van der Waals surface area contributed by atoms with Crippen molar-refractivity contribution in [2.45, 2.75) is 37.8 Å². The van der Waals surface area contributed by atoms with Crippen molar-refractivity contribution in [1.82, 2.24) is 20.4 Å². The molecule has 1 saturated heterocycles. The van der Waals surface area contributed by atoms with Crippen molar-refractivity contribution < 1.29 is 9.59 Å². The van der Waals surface area contributed by atoms with Crippen LogP contribution in [0.25, 0.3) is 0 Å². The van der Waals surface area contributed by atoms with E-state index in [9.17, 15) is 9.59 Å². The highest BCUT2D eigenvalue weighted by Crippen LogP contribution is 2.40. The average Bonchev–Trinajstić information content (AvgIpc) is 3.57. The minimum Gasteiger partial charge on any atom is -0.352 e. The molecule has 3 aliphatic rings. The Morgan fingerprint density at radius 1 is 0.889 bits per heavy atom. The quantitative estimate of drug-likeness (QED) is 0.721. The number of amides is 2.